The summed E-state index contributed by atoms with van der Waals surface area (Å²) in [6.45, 7) is 4.40. The van der Waals surface area contributed by atoms with Crippen LogP contribution in [0.5, 0.6) is 0 Å². The van der Waals surface area contributed by atoms with Gasteiger partial charge >= 0.3 is 0 Å². The lowest BCUT2D eigenvalue weighted by atomic mass is 10.0. The number of hydrogen-bond donors (Lipinski definition) is 2. The standard InChI is InChI=1S/C18H20N2O2S/c1-12-9-15(11-19-23(3,21)22)18-16(10-12)13(2)17(20-18)14-7-5-4-6-8-14/h4-10,19-20H,11H2,1-3H3. The van der Waals surface area contributed by atoms with Crippen molar-refractivity contribution in [2.24, 2.45) is 0 Å². The number of aromatic amines is 1. The van der Waals surface area contributed by atoms with Gasteiger partial charge in [-0.25, -0.2) is 13.1 Å². The molecule has 0 saturated carbocycles. The van der Waals surface area contributed by atoms with E-state index in [2.05, 4.69) is 34.8 Å². The quantitative estimate of drug-likeness (QED) is 0.770. The molecule has 1 heterocycles. The van der Waals surface area contributed by atoms with Crippen molar-refractivity contribution in [3.8, 4) is 11.3 Å². The number of aromatic nitrogens is 1. The van der Waals surface area contributed by atoms with Gasteiger partial charge in [-0.15, -0.1) is 0 Å². The van der Waals surface area contributed by atoms with Crippen molar-refractivity contribution in [1.29, 1.82) is 0 Å². The van der Waals surface area contributed by atoms with Crippen LogP contribution in [0.15, 0.2) is 42.5 Å². The van der Waals surface area contributed by atoms with Gasteiger partial charge < -0.3 is 4.98 Å². The van der Waals surface area contributed by atoms with Crippen LogP contribution in [0, 0.1) is 13.8 Å². The first kappa shape index (κ1) is 15.8. The van der Waals surface area contributed by atoms with Crippen LogP contribution >= 0.6 is 0 Å². The summed E-state index contributed by atoms with van der Waals surface area (Å²) >= 11 is 0. The Kier molecular flexibility index (Phi) is 4.00. The SMILES string of the molecule is Cc1cc(CNS(C)(=O)=O)c2[nH]c(-c3ccccc3)c(C)c2c1. The van der Waals surface area contributed by atoms with E-state index in [9.17, 15) is 8.42 Å². The molecule has 0 bridgehead atoms. The molecule has 3 aromatic rings. The number of benzene rings is 2. The second-order valence-electron chi connectivity index (χ2n) is 5.93. The summed E-state index contributed by atoms with van der Waals surface area (Å²) in [5, 5.41) is 1.13. The zero-order valence-electron chi connectivity index (χ0n) is 13.5. The van der Waals surface area contributed by atoms with Crippen LogP contribution in [0.25, 0.3) is 22.2 Å². The van der Waals surface area contributed by atoms with Crippen LogP contribution < -0.4 is 4.72 Å². The third-order valence-corrected chi connectivity index (χ3v) is 4.65. The molecular formula is C18H20N2O2S. The molecule has 4 nitrogen and oxygen atoms in total. The van der Waals surface area contributed by atoms with E-state index in [0.29, 0.717) is 0 Å². The Balaban J connectivity index is 2.15. The predicted molar refractivity (Wildman–Crippen MR) is 94.9 cm³/mol. The lowest BCUT2D eigenvalue weighted by Gasteiger charge is -2.06. The van der Waals surface area contributed by atoms with Crippen molar-refractivity contribution < 1.29 is 8.42 Å². The van der Waals surface area contributed by atoms with Crippen LogP contribution in [-0.4, -0.2) is 19.7 Å². The summed E-state index contributed by atoms with van der Waals surface area (Å²) in [6, 6.07) is 14.3. The smallest absolute Gasteiger partial charge is 0.209 e. The molecule has 0 spiro atoms. The normalized spacial score (nSPS) is 12.0. The number of sulfonamides is 1. The van der Waals surface area contributed by atoms with Gasteiger partial charge in [0.15, 0.2) is 0 Å². The fraction of sp³-hybridized carbons (Fsp3) is 0.222. The van der Waals surface area contributed by atoms with Crippen LogP contribution in [0.4, 0.5) is 0 Å². The Morgan fingerprint density at radius 1 is 1.09 bits per heavy atom. The lowest BCUT2D eigenvalue weighted by Crippen LogP contribution is -2.21. The molecule has 0 atom stereocenters. The second-order valence-corrected chi connectivity index (χ2v) is 7.76. The summed E-state index contributed by atoms with van der Waals surface area (Å²) in [5.74, 6) is 0. The highest BCUT2D eigenvalue weighted by molar-refractivity contribution is 7.88. The summed E-state index contributed by atoms with van der Waals surface area (Å²) < 4.78 is 25.4. The highest BCUT2D eigenvalue weighted by atomic mass is 32.2. The van der Waals surface area contributed by atoms with Gasteiger partial charge in [-0.2, -0.15) is 0 Å². The van der Waals surface area contributed by atoms with E-state index in [1.165, 1.54) is 11.8 Å². The molecule has 120 valence electrons. The Morgan fingerprint density at radius 3 is 2.43 bits per heavy atom. The summed E-state index contributed by atoms with van der Waals surface area (Å²) in [6.07, 6.45) is 1.18. The zero-order valence-corrected chi connectivity index (χ0v) is 14.3. The minimum atomic E-state index is -3.22. The third kappa shape index (κ3) is 3.30. The molecule has 0 amide bonds. The van der Waals surface area contributed by atoms with E-state index in [-0.39, 0.29) is 6.54 Å². The topological polar surface area (TPSA) is 62.0 Å². The molecule has 0 radical (unpaired) electrons. The molecule has 0 aliphatic heterocycles. The molecule has 0 fully saturated rings. The molecule has 5 heteroatoms. The van der Waals surface area contributed by atoms with Gasteiger partial charge in [0.05, 0.1) is 11.8 Å². The Labute approximate surface area is 136 Å². The lowest BCUT2D eigenvalue weighted by molar-refractivity contribution is 0.587. The number of nitrogens with one attached hydrogen (secondary N) is 2. The van der Waals surface area contributed by atoms with E-state index in [1.807, 2.05) is 31.2 Å². The number of aryl methyl sites for hydroxylation is 2. The molecule has 0 aliphatic rings. The highest BCUT2D eigenvalue weighted by Crippen LogP contribution is 2.32. The van der Waals surface area contributed by atoms with Gasteiger partial charge in [-0.1, -0.05) is 42.0 Å². The molecule has 1 aromatic heterocycles. The van der Waals surface area contributed by atoms with Gasteiger partial charge in [-0.3, -0.25) is 0 Å². The molecule has 0 aliphatic carbocycles. The average Bonchev–Trinajstić information content (AvgIpc) is 2.82. The third-order valence-electron chi connectivity index (χ3n) is 3.98. The van der Waals surface area contributed by atoms with Crippen LogP contribution in [0.2, 0.25) is 0 Å². The average molecular weight is 328 g/mol. The van der Waals surface area contributed by atoms with Crippen LogP contribution in [0.3, 0.4) is 0 Å². The molecule has 23 heavy (non-hydrogen) atoms. The minimum Gasteiger partial charge on any atom is -0.354 e. The fourth-order valence-electron chi connectivity index (χ4n) is 2.90. The van der Waals surface area contributed by atoms with E-state index in [0.717, 1.165) is 33.3 Å². The molecular weight excluding hydrogens is 308 g/mol. The van der Waals surface area contributed by atoms with Crippen LogP contribution in [-0.2, 0) is 16.6 Å². The summed E-state index contributed by atoms with van der Waals surface area (Å²) in [4.78, 5) is 3.48. The van der Waals surface area contributed by atoms with Gasteiger partial charge in [-0.05, 0) is 36.6 Å². The highest BCUT2D eigenvalue weighted by Gasteiger charge is 2.13. The molecule has 0 saturated heterocycles. The fourth-order valence-corrected chi connectivity index (χ4v) is 3.32. The maximum Gasteiger partial charge on any atom is 0.209 e. The Morgan fingerprint density at radius 2 is 1.78 bits per heavy atom. The first-order chi connectivity index (χ1) is 10.8. The van der Waals surface area contributed by atoms with E-state index < -0.39 is 10.0 Å². The van der Waals surface area contributed by atoms with Crippen molar-refractivity contribution in [1.82, 2.24) is 9.71 Å². The van der Waals surface area contributed by atoms with E-state index in [1.54, 1.807) is 0 Å². The second kappa shape index (κ2) is 5.83. The van der Waals surface area contributed by atoms with E-state index >= 15 is 0 Å². The van der Waals surface area contributed by atoms with Gasteiger partial charge in [0, 0.05) is 17.6 Å². The monoisotopic (exact) mass is 328 g/mol. The van der Waals surface area contributed by atoms with Crippen molar-refractivity contribution in [3.05, 3.63) is 59.2 Å². The van der Waals surface area contributed by atoms with E-state index in [4.69, 9.17) is 0 Å². The van der Waals surface area contributed by atoms with Gasteiger partial charge in [0.25, 0.3) is 0 Å². The predicted octanol–water partition coefficient (Wildman–Crippen LogP) is 3.50. The maximum absolute atomic E-state index is 11.4. The summed E-state index contributed by atoms with van der Waals surface area (Å²) in [5.41, 5.74) is 6.44. The Hall–Kier alpha value is -2.11. The molecule has 0 unspecified atom stereocenters. The first-order valence-corrected chi connectivity index (χ1v) is 9.36. The summed E-state index contributed by atoms with van der Waals surface area (Å²) in [7, 11) is -3.22. The van der Waals surface area contributed by atoms with Gasteiger partial charge in [0.1, 0.15) is 0 Å². The van der Waals surface area contributed by atoms with Crippen molar-refractivity contribution in [3.63, 3.8) is 0 Å². The van der Waals surface area contributed by atoms with Crippen molar-refractivity contribution >= 4 is 20.9 Å². The number of H-pyrrole nitrogens is 1. The van der Waals surface area contributed by atoms with Gasteiger partial charge in [0.2, 0.25) is 10.0 Å². The Bertz CT molecular complexity index is 958. The van der Waals surface area contributed by atoms with Crippen molar-refractivity contribution in [2.45, 2.75) is 20.4 Å². The minimum absolute atomic E-state index is 0.283. The zero-order chi connectivity index (χ0) is 16.6. The molecule has 2 N–H and O–H groups in total. The number of hydrogen-bond acceptors (Lipinski definition) is 2. The largest absolute Gasteiger partial charge is 0.354 e. The van der Waals surface area contributed by atoms with Crippen molar-refractivity contribution in [2.75, 3.05) is 6.26 Å². The first-order valence-electron chi connectivity index (χ1n) is 7.47. The van der Waals surface area contributed by atoms with Crippen LogP contribution in [0.1, 0.15) is 16.7 Å². The molecule has 3 rings (SSSR count). The molecule has 2 aromatic carbocycles. The number of rotatable bonds is 4. The maximum atomic E-state index is 11.4. The number of fused-ring (bicyclic) bond motifs is 1.